The fraction of sp³-hybridized carbons (Fsp3) is 0.625. The zero-order valence-electron chi connectivity index (χ0n) is 12.9. The molecular weight excluding hydrogens is 302 g/mol. The molecule has 0 radical (unpaired) electrons. The second-order valence-electron chi connectivity index (χ2n) is 6.39. The fourth-order valence-corrected chi connectivity index (χ4v) is 4.72. The summed E-state index contributed by atoms with van der Waals surface area (Å²) >= 11 is 0. The van der Waals surface area contributed by atoms with Crippen LogP contribution in [0.5, 0.6) is 0 Å². The molecule has 0 saturated carbocycles. The van der Waals surface area contributed by atoms with Gasteiger partial charge in [0, 0.05) is 25.7 Å². The predicted molar refractivity (Wildman–Crippen MR) is 84.1 cm³/mol. The van der Waals surface area contributed by atoms with Gasteiger partial charge in [-0.25, -0.2) is 13.1 Å². The molecule has 0 bridgehead atoms. The summed E-state index contributed by atoms with van der Waals surface area (Å²) in [5.41, 5.74) is 1.61. The number of aryl methyl sites for hydroxylation is 1. The number of nitrogens with one attached hydrogen (secondary N) is 1. The molecule has 6 heteroatoms. The van der Waals surface area contributed by atoms with Gasteiger partial charge >= 0.3 is 0 Å². The summed E-state index contributed by atoms with van der Waals surface area (Å²) in [7, 11) is -3.34. The summed E-state index contributed by atoms with van der Waals surface area (Å²) in [6.45, 7) is 3.82. The highest BCUT2D eigenvalue weighted by molar-refractivity contribution is 7.88. The minimum Gasteiger partial charge on any atom is -0.378 e. The first-order valence-electron chi connectivity index (χ1n) is 7.74. The third-order valence-electron chi connectivity index (χ3n) is 4.35. The number of benzene rings is 1. The minimum absolute atomic E-state index is 0.0234. The molecule has 0 aromatic heterocycles. The van der Waals surface area contributed by atoms with Gasteiger partial charge in [0.15, 0.2) is 0 Å². The van der Waals surface area contributed by atoms with Crippen LogP contribution in [0, 0.1) is 6.92 Å². The van der Waals surface area contributed by atoms with Crippen molar-refractivity contribution >= 4 is 10.0 Å². The molecule has 2 saturated heterocycles. The Bertz CT molecular complexity index is 623. The van der Waals surface area contributed by atoms with E-state index in [1.165, 1.54) is 0 Å². The maximum Gasteiger partial charge on any atom is 0.216 e. The highest BCUT2D eigenvalue weighted by atomic mass is 32.2. The van der Waals surface area contributed by atoms with Gasteiger partial charge in [-0.3, -0.25) is 0 Å². The van der Waals surface area contributed by atoms with E-state index in [0.29, 0.717) is 26.2 Å². The Morgan fingerprint density at radius 1 is 1.36 bits per heavy atom. The van der Waals surface area contributed by atoms with Crippen LogP contribution in [0.25, 0.3) is 0 Å². The Kier molecular flexibility index (Phi) is 4.54. The lowest BCUT2D eigenvalue weighted by molar-refractivity contribution is -0.0868. The molecule has 0 aliphatic carbocycles. The average Bonchev–Trinajstić information content (AvgIpc) is 2.85. The first kappa shape index (κ1) is 15.9. The van der Waals surface area contributed by atoms with Gasteiger partial charge in [-0.05, 0) is 25.3 Å². The molecule has 1 N–H and O–H groups in total. The molecule has 2 atom stereocenters. The molecular formula is C16H23NO4S. The zero-order valence-corrected chi connectivity index (χ0v) is 13.7. The van der Waals surface area contributed by atoms with E-state index in [4.69, 9.17) is 9.47 Å². The van der Waals surface area contributed by atoms with E-state index >= 15 is 0 Å². The van der Waals surface area contributed by atoms with Gasteiger partial charge in [-0.2, -0.15) is 0 Å². The molecule has 1 spiro atoms. The summed E-state index contributed by atoms with van der Waals surface area (Å²) in [5.74, 6) is 0.0234. The molecule has 1 aromatic rings. The monoisotopic (exact) mass is 325 g/mol. The van der Waals surface area contributed by atoms with Gasteiger partial charge in [0.05, 0.1) is 18.0 Å². The van der Waals surface area contributed by atoms with Crippen molar-refractivity contribution in [2.45, 2.75) is 43.6 Å². The minimum atomic E-state index is -3.34. The van der Waals surface area contributed by atoms with Gasteiger partial charge in [-0.1, -0.05) is 29.8 Å². The van der Waals surface area contributed by atoms with Crippen molar-refractivity contribution in [1.82, 2.24) is 4.72 Å². The number of hydrogen-bond acceptors (Lipinski definition) is 4. The lowest BCUT2D eigenvalue weighted by Gasteiger charge is -2.37. The van der Waals surface area contributed by atoms with Crippen LogP contribution in [-0.2, 0) is 25.2 Å². The van der Waals surface area contributed by atoms with Crippen molar-refractivity contribution in [3.63, 3.8) is 0 Å². The van der Waals surface area contributed by atoms with Crippen molar-refractivity contribution in [2.24, 2.45) is 0 Å². The van der Waals surface area contributed by atoms with Crippen LogP contribution in [-0.4, -0.2) is 39.9 Å². The van der Waals surface area contributed by atoms with Crippen molar-refractivity contribution < 1.29 is 17.9 Å². The van der Waals surface area contributed by atoms with Gasteiger partial charge in [0.1, 0.15) is 0 Å². The average molecular weight is 325 g/mol. The topological polar surface area (TPSA) is 64.6 Å². The third kappa shape index (κ3) is 3.87. The van der Waals surface area contributed by atoms with Crippen LogP contribution in [0.15, 0.2) is 24.3 Å². The standard InChI is InChI=1S/C16H23NO4S/c1-13-3-2-4-14(9-13)11-22(18,19)17-15-5-7-21-16(10-15)6-8-20-12-16/h2-4,9,15,17H,5-8,10-12H2,1H3/t15-,16+/m0/s1. The number of ether oxygens (including phenoxy) is 2. The Morgan fingerprint density at radius 2 is 2.23 bits per heavy atom. The molecule has 2 aliphatic rings. The van der Waals surface area contributed by atoms with E-state index in [1.807, 2.05) is 31.2 Å². The number of rotatable bonds is 4. The molecule has 2 aliphatic heterocycles. The van der Waals surface area contributed by atoms with E-state index < -0.39 is 10.0 Å². The first-order chi connectivity index (χ1) is 10.5. The van der Waals surface area contributed by atoms with Crippen LogP contribution < -0.4 is 4.72 Å². The maximum absolute atomic E-state index is 12.4. The Morgan fingerprint density at radius 3 is 2.95 bits per heavy atom. The summed E-state index contributed by atoms with van der Waals surface area (Å²) < 4.78 is 38.9. The highest BCUT2D eigenvalue weighted by Gasteiger charge is 2.41. The Labute approximate surface area is 132 Å². The van der Waals surface area contributed by atoms with E-state index in [2.05, 4.69) is 4.72 Å². The largest absolute Gasteiger partial charge is 0.378 e. The molecule has 3 rings (SSSR count). The van der Waals surface area contributed by atoms with E-state index in [1.54, 1.807) is 0 Å². The van der Waals surface area contributed by atoms with Crippen molar-refractivity contribution in [1.29, 1.82) is 0 Å². The van der Waals surface area contributed by atoms with Crippen molar-refractivity contribution in [3.8, 4) is 0 Å². The first-order valence-corrected chi connectivity index (χ1v) is 9.39. The zero-order chi connectivity index (χ0) is 15.6. The molecule has 5 nitrogen and oxygen atoms in total. The number of sulfonamides is 1. The van der Waals surface area contributed by atoms with Crippen LogP contribution in [0.4, 0.5) is 0 Å². The molecule has 2 heterocycles. The number of hydrogen-bond donors (Lipinski definition) is 1. The molecule has 0 amide bonds. The Balaban J connectivity index is 1.63. The van der Waals surface area contributed by atoms with Crippen LogP contribution in [0.2, 0.25) is 0 Å². The summed E-state index contributed by atoms with van der Waals surface area (Å²) in [6.07, 6.45) is 2.26. The lowest BCUT2D eigenvalue weighted by atomic mass is 9.90. The van der Waals surface area contributed by atoms with Crippen molar-refractivity contribution in [2.75, 3.05) is 19.8 Å². The molecule has 22 heavy (non-hydrogen) atoms. The van der Waals surface area contributed by atoms with Crippen LogP contribution in [0.3, 0.4) is 0 Å². The van der Waals surface area contributed by atoms with Gasteiger partial charge in [0.25, 0.3) is 0 Å². The van der Waals surface area contributed by atoms with Crippen molar-refractivity contribution in [3.05, 3.63) is 35.4 Å². The molecule has 2 fully saturated rings. The van der Waals surface area contributed by atoms with Crippen LogP contribution in [0.1, 0.15) is 30.4 Å². The second kappa shape index (κ2) is 6.28. The molecule has 122 valence electrons. The van der Waals surface area contributed by atoms with E-state index in [0.717, 1.165) is 24.0 Å². The van der Waals surface area contributed by atoms with Crippen LogP contribution >= 0.6 is 0 Å². The fourth-order valence-electron chi connectivity index (χ4n) is 3.31. The Hall–Kier alpha value is -0.950. The summed E-state index contributed by atoms with van der Waals surface area (Å²) in [4.78, 5) is 0. The normalized spacial score (nSPS) is 29.0. The van der Waals surface area contributed by atoms with Gasteiger partial charge < -0.3 is 9.47 Å². The molecule has 0 unspecified atom stereocenters. The summed E-state index contributed by atoms with van der Waals surface area (Å²) in [6, 6.07) is 7.55. The predicted octanol–water partition coefficient (Wildman–Crippen LogP) is 1.75. The van der Waals surface area contributed by atoms with Gasteiger partial charge in [0.2, 0.25) is 10.0 Å². The van der Waals surface area contributed by atoms with E-state index in [-0.39, 0.29) is 17.4 Å². The SMILES string of the molecule is Cc1cccc(CS(=O)(=O)N[C@H]2CCO[C@]3(CCOC3)C2)c1. The van der Waals surface area contributed by atoms with Gasteiger partial charge in [-0.15, -0.1) is 0 Å². The smallest absolute Gasteiger partial charge is 0.216 e. The highest BCUT2D eigenvalue weighted by Crippen LogP contribution is 2.33. The molecule has 1 aromatic carbocycles. The summed E-state index contributed by atoms with van der Waals surface area (Å²) in [5, 5.41) is 0. The van der Waals surface area contributed by atoms with E-state index in [9.17, 15) is 8.42 Å². The lowest BCUT2D eigenvalue weighted by Crippen LogP contribution is -2.49. The maximum atomic E-state index is 12.4. The second-order valence-corrected chi connectivity index (χ2v) is 8.14. The third-order valence-corrected chi connectivity index (χ3v) is 5.75. The quantitative estimate of drug-likeness (QED) is 0.916.